The number of esters is 1. The molecule has 0 fully saturated rings. The van der Waals surface area contributed by atoms with Gasteiger partial charge in [0.25, 0.3) is 0 Å². The van der Waals surface area contributed by atoms with Crippen LogP contribution in [-0.4, -0.2) is 38.4 Å². The van der Waals surface area contributed by atoms with Crippen LogP contribution in [0.3, 0.4) is 0 Å². The van der Waals surface area contributed by atoms with Gasteiger partial charge in [0.1, 0.15) is 0 Å². The molecule has 0 saturated carbocycles. The van der Waals surface area contributed by atoms with Crippen molar-refractivity contribution in [3.8, 4) is 28.8 Å². The zero-order valence-corrected chi connectivity index (χ0v) is 15.3. The number of carbonyl (C=O) groups excluding carboxylic acids is 1. The van der Waals surface area contributed by atoms with E-state index in [2.05, 4.69) is 21.5 Å². The third-order valence-electron chi connectivity index (χ3n) is 3.64. The number of ether oxygens (including phenoxy) is 2. The average Bonchev–Trinajstić information content (AvgIpc) is 2.73. The molecular weight excluding hydrogens is 358 g/mol. The van der Waals surface area contributed by atoms with Crippen molar-refractivity contribution >= 4 is 5.97 Å². The van der Waals surface area contributed by atoms with Crippen LogP contribution in [0.25, 0.3) is 22.8 Å². The third-order valence-corrected chi connectivity index (χ3v) is 3.64. The van der Waals surface area contributed by atoms with Gasteiger partial charge < -0.3 is 14.6 Å². The Morgan fingerprint density at radius 1 is 1.00 bits per heavy atom. The topological polar surface area (TPSA) is 94.4 Å². The summed E-state index contributed by atoms with van der Waals surface area (Å²) in [5, 5.41) is 10.2. The summed E-state index contributed by atoms with van der Waals surface area (Å²) in [6.07, 6.45) is 0.957. The molecule has 1 atom stereocenters. The first kappa shape index (κ1) is 19.2. The highest BCUT2D eigenvalue weighted by Crippen LogP contribution is 2.22. The van der Waals surface area contributed by atoms with Crippen LogP contribution >= 0.6 is 0 Å². The minimum absolute atomic E-state index is 0.00244. The van der Waals surface area contributed by atoms with Crippen LogP contribution in [0.2, 0.25) is 0 Å². The number of hydrogen-bond acceptors (Lipinski definition) is 7. The van der Waals surface area contributed by atoms with Crippen LogP contribution in [0.4, 0.5) is 0 Å². The summed E-state index contributed by atoms with van der Waals surface area (Å²) in [6, 6.07) is 18.8. The van der Waals surface area contributed by atoms with E-state index < -0.39 is 11.8 Å². The van der Waals surface area contributed by atoms with Crippen LogP contribution in [0.15, 0.2) is 73.3 Å². The maximum Gasteiger partial charge on any atom is 0.332 e. The minimum Gasteiger partial charge on any atom is -0.456 e. The summed E-state index contributed by atoms with van der Waals surface area (Å²) >= 11 is 0. The molecule has 1 aromatic heterocycles. The molecule has 1 N–H and O–H groups in total. The molecule has 3 aromatic rings. The van der Waals surface area contributed by atoms with Crippen molar-refractivity contribution in [3.63, 3.8) is 0 Å². The van der Waals surface area contributed by atoms with Crippen molar-refractivity contribution in [1.82, 2.24) is 15.0 Å². The lowest BCUT2D eigenvalue weighted by Crippen LogP contribution is -2.37. The monoisotopic (exact) mass is 377 g/mol. The Labute approximate surface area is 162 Å². The first-order valence-electron chi connectivity index (χ1n) is 8.54. The minimum atomic E-state index is -1.86. The fourth-order valence-electron chi connectivity index (χ4n) is 2.34. The van der Waals surface area contributed by atoms with E-state index in [1.165, 1.54) is 6.92 Å². The van der Waals surface area contributed by atoms with Gasteiger partial charge in [-0.05, 0) is 0 Å². The summed E-state index contributed by atoms with van der Waals surface area (Å²) in [5.74, 6) is -1.78. The second-order valence-corrected chi connectivity index (χ2v) is 6.09. The van der Waals surface area contributed by atoms with E-state index in [9.17, 15) is 9.90 Å². The maximum absolute atomic E-state index is 11.3. The van der Waals surface area contributed by atoms with Crippen molar-refractivity contribution in [3.05, 3.63) is 73.3 Å². The van der Waals surface area contributed by atoms with Gasteiger partial charge in [-0.2, -0.15) is 9.97 Å². The Hall–Kier alpha value is -3.58. The zero-order valence-electron chi connectivity index (χ0n) is 15.3. The SMILES string of the molecule is C=CC(=O)OC(C)(O)COc1nc(-c2ccccc2)nc(-c2ccccc2)n1. The van der Waals surface area contributed by atoms with E-state index in [1.807, 2.05) is 60.7 Å². The van der Waals surface area contributed by atoms with Crippen LogP contribution in [0.5, 0.6) is 6.01 Å². The van der Waals surface area contributed by atoms with Crippen molar-refractivity contribution in [2.75, 3.05) is 6.61 Å². The molecule has 0 aliphatic heterocycles. The highest BCUT2D eigenvalue weighted by molar-refractivity contribution is 5.81. The highest BCUT2D eigenvalue weighted by Gasteiger charge is 2.26. The number of carbonyl (C=O) groups is 1. The summed E-state index contributed by atoms with van der Waals surface area (Å²) in [6.45, 7) is 4.23. The molecule has 0 saturated heterocycles. The number of nitrogens with zero attached hydrogens (tertiary/aromatic N) is 3. The van der Waals surface area contributed by atoms with Gasteiger partial charge in [-0.25, -0.2) is 9.78 Å². The molecule has 7 nitrogen and oxygen atoms in total. The number of aliphatic hydroxyl groups is 1. The molecule has 3 rings (SSSR count). The summed E-state index contributed by atoms with van der Waals surface area (Å²) in [4.78, 5) is 24.5. The number of aromatic nitrogens is 3. The van der Waals surface area contributed by atoms with Crippen molar-refractivity contribution in [2.24, 2.45) is 0 Å². The summed E-state index contributed by atoms with van der Waals surface area (Å²) in [7, 11) is 0. The summed E-state index contributed by atoms with van der Waals surface area (Å²) in [5.41, 5.74) is 1.58. The normalized spacial score (nSPS) is 12.6. The Kier molecular flexibility index (Phi) is 5.76. The fraction of sp³-hybridized carbons (Fsp3) is 0.143. The van der Waals surface area contributed by atoms with Crippen molar-refractivity contribution < 1.29 is 19.4 Å². The fourth-order valence-corrected chi connectivity index (χ4v) is 2.34. The van der Waals surface area contributed by atoms with Gasteiger partial charge in [-0.1, -0.05) is 67.2 Å². The maximum atomic E-state index is 11.3. The van der Waals surface area contributed by atoms with E-state index >= 15 is 0 Å². The van der Waals surface area contributed by atoms with E-state index in [-0.39, 0.29) is 12.6 Å². The zero-order chi connectivity index (χ0) is 20.0. The van der Waals surface area contributed by atoms with Crippen LogP contribution < -0.4 is 4.74 Å². The van der Waals surface area contributed by atoms with E-state index in [0.29, 0.717) is 11.6 Å². The standard InChI is InChI=1S/C21H19N3O4/c1-3-17(25)28-21(2,26)14-27-20-23-18(15-10-6-4-7-11-15)22-19(24-20)16-12-8-5-9-13-16/h3-13,26H,1,14H2,2H3. The molecular formula is C21H19N3O4. The highest BCUT2D eigenvalue weighted by atomic mass is 16.7. The molecule has 0 amide bonds. The molecule has 28 heavy (non-hydrogen) atoms. The first-order chi connectivity index (χ1) is 13.5. The second kappa shape index (κ2) is 8.41. The van der Waals surface area contributed by atoms with Gasteiger partial charge in [0.05, 0.1) is 0 Å². The largest absolute Gasteiger partial charge is 0.456 e. The molecule has 142 valence electrons. The molecule has 0 spiro atoms. The predicted molar refractivity (Wildman–Crippen MR) is 103 cm³/mol. The van der Waals surface area contributed by atoms with E-state index in [0.717, 1.165) is 17.2 Å². The van der Waals surface area contributed by atoms with E-state index in [4.69, 9.17) is 9.47 Å². The van der Waals surface area contributed by atoms with Gasteiger partial charge in [-0.15, -0.1) is 0 Å². The lowest BCUT2D eigenvalue weighted by Gasteiger charge is -2.22. The molecule has 0 radical (unpaired) electrons. The molecule has 0 aliphatic rings. The number of rotatable bonds is 7. The average molecular weight is 377 g/mol. The molecule has 2 aromatic carbocycles. The van der Waals surface area contributed by atoms with Crippen LogP contribution in [-0.2, 0) is 9.53 Å². The third kappa shape index (κ3) is 4.99. The van der Waals surface area contributed by atoms with Crippen molar-refractivity contribution in [2.45, 2.75) is 12.7 Å². The van der Waals surface area contributed by atoms with Gasteiger partial charge in [0.2, 0.25) is 5.79 Å². The predicted octanol–water partition coefficient (Wildman–Crippen LogP) is 3.02. The van der Waals surface area contributed by atoms with Crippen LogP contribution in [0, 0.1) is 0 Å². The Morgan fingerprint density at radius 2 is 1.50 bits per heavy atom. The Bertz CT molecular complexity index is 902. The smallest absolute Gasteiger partial charge is 0.332 e. The first-order valence-corrected chi connectivity index (χ1v) is 8.54. The Balaban J connectivity index is 1.92. The number of benzene rings is 2. The molecule has 0 aliphatic carbocycles. The Morgan fingerprint density at radius 3 is 1.96 bits per heavy atom. The second-order valence-electron chi connectivity index (χ2n) is 6.09. The molecule has 1 heterocycles. The lowest BCUT2D eigenvalue weighted by molar-refractivity contribution is -0.206. The van der Waals surface area contributed by atoms with Crippen molar-refractivity contribution in [1.29, 1.82) is 0 Å². The van der Waals surface area contributed by atoms with Gasteiger partial charge in [0, 0.05) is 24.1 Å². The summed E-state index contributed by atoms with van der Waals surface area (Å²) < 4.78 is 10.4. The molecule has 7 heteroatoms. The quantitative estimate of drug-likeness (QED) is 0.384. The number of hydrogen-bond donors (Lipinski definition) is 1. The lowest BCUT2D eigenvalue weighted by atomic mass is 10.2. The van der Waals surface area contributed by atoms with Crippen LogP contribution in [0.1, 0.15) is 6.92 Å². The van der Waals surface area contributed by atoms with E-state index in [1.54, 1.807) is 0 Å². The van der Waals surface area contributed by atoms with Gasteiger partial charge in [-0.3, -0.25) is 0 Å². The van der Waals surface area contributed by atoms with Gasteiger partial charge in [0.15, 0.2) is 18.3 Å². The molecule has 1 unspecified atom stereocenters. The van der Waals surface area contributed by atoms with Gasteiger partial charge >= 0.3 is 12.0 Å². The molecule has 0 bridgehead atoms.